The normalized spacial score (nSPS) is 17.3. The van der Waals surface area contributed by atoms with E-state index in [4.69, 9.17) is 9.47 Å². The number of sulfonamides is 1. The van der Waals surface area contributed by atoms with Crippen molar-refractivity contribution in [1.82, 2.24) is 9.62 Å². The number of carbonyl (C=O) groups is 1. The number of morpholine rings is 1. The van der Waals surface area contributed by atoms with Gasteiger partial charge in [-0.15, -0.1) is 0 Å². The number of nitrogens with zero attached hydrogens (tertiary/aromatic N) is 2. The molecule has 2 heterocycles. The van der Waals surface area contributed by atoms with Crippen LogP contribution in [-0.4, -0.2) is 65.1 Å². The number of anilines is 1. The van der Waals surface area contributed by atoms with Crippen molar-refractivity contribution in [3.63, 3.8) is 0 Å². The molecule has 4 rings (SSSR count). The molecule has 2 aromatic carbocycles. The van der Waals surface area contributed by atoms with E-state index >= 15 is 0 Å². The lowest BCUT2D eigenvalue weighted by molar-refractivity contribution is 0.0950. The molecule has 8 nitrogen and oxygen atoms in total. The van der Waals surface area contributed by atoms with Crippen LogP contribution in [0.3, 0.4) is 0 Å². The van der Waals surface area contributed by atoms with Gasteiger partial charge in [0, 0.05) is 44.0 Å². The van der Waals surface area contributed by atoms with Gasteiger partial charge in [0.1, 0.15) is 10.6 Å². The quantitative estimate of drug-likeness (QED) is 0.683. The van der Waals surface area contributed by atoms with Gasteiger partial charge in [-0.05, 0) is 48.7 Å². The molecule has 0 spiro atoms. The highest BCUT2D eigenvalue weighted by atomic mass is 32.2. The van der Waals surface area contributed by atoms with Gasteiger partial charge in [-0.2, -0.15) is 4.31 Å². The van der Waals surface area contributed by atoms with Gasteiger partial charge < -0.3 is 19.7 Å². The summed E-state index contributed by atoms with van der Waals surface area (Å²) in [6.45, 7) is 4.53. The van der Waals surface area contributed by atoms with Crippen LogP contribution in [-0.2, 0) is 21.3 Å². The highest BCUT2D eigenvalue weighted by molar-refractivity contribution is 7.89. The fourth-order valence-electron chi connectivity index (χ4n) is 4.02. The maximum atomic E-state index is 13.0. The lowest BCUT2D eigenvalue weighted by atomic mass is 10.1. The van der Waals surface area contributed by atoms with Gasteiger partial charge in [-0.1, -0.05) is 12.1 Å². The number of hydrogen-bond acceptors (Lipinski definition) is 6. The predicted octanol–water partition coefficient (Wildman–Crippen LogP) is 2.25. The largest absolute Gasteiger partial charge is 0.495 e. The Hall–Kier alpha value is -2.62. The molecule has 0 radical (unpaired) electrons. The molecular formula is C23H29N3O5S. The number of hydrogen-bond donors (Lipinski definition) is 1. The second kappa shape index (κ2) is 9.89. The first-order chi connectivity index (χ1) is 15.5. The molecule has 2 aliphatic heterocycles. The molecule has 0 unspecified atom stereocenters. The first-order valence-corrected chi connectivity index (χ1v) is 12.3. The zero-order valence-electron chi connectivity index (χ0n) is 18.2. The van der Waals surface area contributed by atoms with E-state index in [-0.39, 0.29) is 22.1 Å². The molecule has 0 aliphatic carbocycles. The summed E-state index contributed by atoms with van der Waals surface area (Å²) in [7, 11) is -2.28. The first kappa shape index (κ1) is 22.6. The third-order valence-electron chi connectivity index (χ3n) is 5.87. The second-order valence-electron chi connectivity index (χ2n) is 7.93. The summed E-state index contributed by atoms with van der Waals surface area (Å²) in [6, 6.07) is 12.6. The lowest BCUT2D eigenvalue weighted by Gasteiger charge is -2.28. The summed E-state index contributed by atoms with van der Waals surface area (Å²) in [5.74, 6) is -0.0880. The highest BCUT2D eigenvalue weighted by Gasteiger charge is 2.30. The van der Waals surface area contributed by atoms with Gasteiger partial charge in [0.25, 0.3) is 5.91 Å². The maximum absolute atomic E-state index is 13.0. The number of benzene rings is 2. The average molecular weight is 460 g/mol. The number of ether oxygens (including phenoxy) is 2. The lowest BCUT2D eigenvalue weighted by Crippen LogP contribution is -2.36. The number of amides is 1. The number of rotatable bonds is 7. The Labute approximate surface area is 189 Å². The molecule has 1 amide bonds. The van der Waals surface area contributed by atoms with Crippen LogP contribution in [0.1, 0.15) is 28.8 Å². The van der Waals surface area contributed by atoms with Crippen LogP contribution >= 0.6 is 0 Å². The SMILES string of the molecule is COc1ccc(C(=O)NCc2ccc(N3CCOCC3)cc2)cc1S(=O)(=O)N1CCCC1. The fourth-order valence-corrected chi connectivity index (χ4v) is 5.72. The van der Waals surface area contributed by atoms with E-state index in [1.165, 1.54) is 23.5 Å². The summed E-state index contributed by atoms with van der Waals surface area (Å²) in [5, 5.41) is 2.88. The number of carbonyl (C=O) groups excluding carboxylic acids is 1. The van der Waals surface area contributed by atoms with Crippen LogP contribution in [0.15, 0.2) is 47.4 Å². The van der Waals surface area contributed by atoms with Gasteiger partial charge in [0.15, 0.2) is 0 Å². The molecule has 2 saturated heterocycles. The topological polar surface area (TPSA) is 88.2 Å². The molecule has 2 aromatic rings. The molecule has 2 aliphatic rings. The Bertz CT molecular complexity index is 1040. The van der Waals surface area contributed by atoms with Crippen molar-refractivity contribution in [3.05, 3.63) is 53.6 Å². The van der Waals surface area contributed by atoms with E-state index in [0.717, 1.165) is 50.4 Å². The van der Waals surface area contributed by atoms with E-state index in [9.17, 15) is 13.2 Å². The first-order valence-electron chi connectivity index (χ1n) is 10.9. The molecule has 0 bridgehead atoms. The number of methoxy groups -OCH3 is 1. The van der Waals surface area contributed by atoms with Crippen LogP contribution in [0.5, 0.6) is 5.75 Å². The van der Waals surface area contributed by atoms with Gasteiger partial charge in [0.05, 0.1) is 20.3 Å². The Balaban J connectivity index is 1.44. The predicted molar refractivity (Wildman–Crippen MR) is 122 cm³/mol. The van der Waals surface area contributed by atoms with Crippen molar-refractivity contribution in [2.45, 2.75) is 24.3 Å². The maximum Gasteiger partial charge on any atom is 0.251 e. The van der Waals surface area contributed by atoms with E-state index < -0.39 is 10.0 Å². The van der Waals surface area contributed by atoms with Crippen LogP contribution in [0.25, 0.3) is 0 Å². The van der Waals surface area contributed by atoms with Crippen molar-refractivity contribution in [3.8, 4) is 5.75 Å². The van der Waals surface area contributed by atoms with Crippen LogP contribution in [0, 0.1) is 0 Å². The second-order valence-corrected chi connectivity index (χ2v) is 9.83. The Morgan fingerprint density at radius 2 is 1.72 bits per heavy atom. The third-order valence-corrected chi connectivity index (χ3v) is 7.79. The van der Waals surface area contributed by atoms with Crippen LogP contribution < -0.4 is 15.0 Å². The van der Waals surface area contributed by atoms with Crippen molar-refractivity contribution in [2.75, 3.05) is 51.4 Å². The zero-order chi connectivity index (χ0) is 22.6. The van der Waals surface area contributed by atoms with E-state index in [1.807, 2.05) is 24.3 Å². The molecule has 9 heteroatoms. The van der Waals surface area contributed by atoms with E-state index in [1.54, 1.807) is 6.07 Å². The van der Waals surface area contributed by atoms with Gasteiger partial charge in [-0.3, -0.25) is 4.79 Å². The van der Waals surface area contributed by atoms with Crippen LogP contribution in [0.2, 0.25) is 0 Å². The minimum atomic E-state index is -3.71. The summed E-state index contributed by atoms with van der Waals surface area (Å²) >= 11 is 0. The fraction of sp³-hybridized carbons (Fsp3) is 0.435. The molecule has 0 atom stereocenters. The van der Waals surface area contributed by atoms with Gasteiger partial charge in [0.2, 0.25) is 10.0 Å². The highest BCUT2D eigenvalue weighted by Crippen LogP contribution is 2.30. The van der Waals surface area contributed by atoms with E-state index in [0.29, 0.717) is 19.6 Å². The molecule has 2 fully saturated rings. The Kier molecular flexibility index (Phi) is 6.98. The van der Waals surface area contributed by atoms with Crippen molar-refractivity contribution in [1.29, 1.82) is 0 Å². The standard InChI is InChI=1S/C23H29N3O5S/c1-30-21-9-6-19(16-22(21)32(28,29)26-10-2-3-11-26)23(27)24-17-18-4-7-20(8-5-18)25-12-14-31-15-13-25/h4-9,16H,2-3,10-15,17H2,1H3,(H,24,27). The summed E-state index contributed by atoms with van der Waals surface area (Å²) in [4.78, 5) is 15.1. The van der Waals surface area contributed by atoms with Crippen molar-refractivity contribution < 1.29 is 22.7 Å². The van der Waals surface area contributed by atoms with Crippen LogP contribution in [0.4, 0.5) is 5.69 Å². The summed E-state index contributed by atoms with van der Waals surface area (Å²) in [6.07, 6.45) is 1.68. The van der Waals surface area contributed by atoms with Crippen molar-refractivity contribution in [2.24, 2.45) is 0 Å². The minimum absolute atomic E-state index is 0.0319. The molecule has 172 valence electrons. The molecular weight excluding hydrogens is 430 g/mol. The van der Waals surface area contributed by atoms with Gasteiger partial charge in [-0.25, -0.2) is 8.42 Å². The molecule has 1 N–H and O–H groups in total. The molecule has 0 aromatic heterocycles. The Morgan fingerprint density at radius 1 is 1.03 bits per heavy atom. The minimum Gasteiger partial charge on any atom is -0.495 e. The number of nitrogens with one attached hydrogen (secondary N) is 1. The molecule has 32 heavy (non-hydrogen) atoms. The third kappa shape index (κ3) is 4.90. The zero-order valence-corrected chi connectivity index (χ0v) is 19.1. The monoisotopic (exact) mass is 459 g/mol. The molecule has 0 saturated carbocycles. The summed E-state index contributed by atoms with van der Waals surface area (Å²) < 4.78 is 38.2. The van der Waals surface area contributed by atoms with Gasteiger partial charge >= 0.3 is 0 Å². The van der Waals surface area contributed by atoms with Crippen molar-refractivity contribution >= 4 is 21.6 Å². The summed E-state index contributed by atoms with van der Waals surface area (Å²) in [5.41, 5.74) is 2.39. The smallest absolute Gasteiger partial charge is 0.251 e. The average Bonchev–Trinajstić information content (AvgIpc) is 3.39. The van der Waals surface area contributed by atoms with E-state index in [2.05, 4.69) is 10.2 Å². The Morgan fingerprint density at radius 3 is 2.38 bits per heavy atom.